The molecule has 7 aromatic heterocycles. The maximum atomic E-state index is 4.89. The molecule has 0 saturated carbocycles. The van der Waals surface area contributed by atoms with E-state index >= 15 is 0 Å². The van der Waals surface area contributed by atoms with E-state index in [0.29, 0.717) is 0 Å². The molecule has 24 aromatic rings. The Labute approximate surface area is 950 Å². The zero-order valence-corrected chi connectivity index (χ0v) is 98.5. The maximum absolute atomic E-state index is 4.89. The van der Waals surface area contributed by atoms with Crippen LogP contribution in [0.2, 0.25) is 0 Å². The average Bonchev–Trinajstić information content (AvgIpc) is 0.737. The number of benzene rings is 17. The Balaban J connectivity index is 0.000000135. The number of hydrogen-bond donors (Lipinski definition) is 0. The minimum absolute atomic E-state index is 0. The van der Waals surface area contributed by atoms with Crippen molar-refractivity contribution >= 4 is 205 Å². The van der Waals surface area contributed by atoms with Crippen molar-refractivity contribution in [3.05, 3.63) is 554 Å². The van der Waals surface area contributed by atoms with Crippen LogP contribution in [0.15, 0.2) is 497 Å². The fourth-order valence-corrected chi connectivity index (χ4v) is 34.7. The number of thiophene rings is 3. The van der Waals surface area contributed by atoms with Gasteiger partial charge in [-0.05, 0) is 293 Å². The second-order valence-electron chi connectivity index (χ2n) is 36.5. The van der Waals surface area contributed by atoms with Crippen molar-refractivity contribution < 1.29 is 80.4 Å². The molecule has 1 aliphatic heterocycles. The van der Waals surface area contributed by atoms with Crippen LogP contribution in [0.4, 0.5) is 34.1 Å². The molecule has 0 unspecified atom stereocenters. The summed E-state index contributed by atoms with van der Waals surface area (Å²) in [5.41, 5.74) is 21.8. The molecule has 25 rings (SSSR count). The first kappa shape index (κ1) is 107. The van der Waals surface area contributed by atoms with Gasteiger partial charge in [-0.15, -0.1) is 112 Å². The molecule has 0 aliphatic carbocycles. The summed E-state index contributed by atoms with van der Waals surface area (Å²) in [7, 11) is -2.91. The molecule has 150 heavy (non-hydrogen) atoms. The van der Waals surface area contributed by atoms with Gasteiger partial charge < -0.3 is 29.7 Å². The number of rotatable bonds is 20. The third-order valence-corrected chi connectivity index (χ3v) is 40.7. The average molecular weight is 2770 g/mol. The van der Waals surface area contributed by atoms with E-state index in [4.69, 9.17) is 15.0 Å². The van der Waals surface area contributed by atoms with Crippen LogP contribution in [-0.2, 0) is 85.8 Å². The molecule has 1 aliphatic rings. The number of anilines is 6. The molecule has 0 bridgehead atoms. The van der Waals surface area contributed by atoms with Gasteiger partial charge in [0.15, 0.2) is 0 Å². The van der Waals surface area contributed by atoms with Crippen LogP contribution in [0, 0.1) is 52.0 Å². The van der Waals surface area contributed by atoms with E-state index in [9.17, 15) is 0 Å². The molecule has 17 aromatic carbocycles. The Bertz CT molecular complexity index is 8390. The number of nitrogens with zero attached hydrogens (tertiary/aromatic N) is 6. The Morgan fingerprint density at radius 1 is 0.293 bits per heavy atom. The molecule has 0 saturated heterocycles. The zero-order valence-electron chi connectivity index (χ0n) is 82.9. The van der Waals surface area contributed by atoms with Crippen molar-refractivity contribution in [3.8, 4) is 44.3 Å². The van der Waals surface area contributed by atoms with Gasteiger partial charge in [-0.2, -0.15) is 12.1 Å². The van der Waals surface area contributed by atoms with Crippen molar-refractivity contribution in [1.29, 1.82) is 0 Å². The zero-order chi connectivity index (χ0) is 98.8. The first-order valence-corrected chi connectivity index (χ1v) is 56.8. The van der Waals surface area contributed by atoms with E-state index in [1.54, 1.807) is 0 Å². The maximum Gasteiger partial charge on any atom is 0.0468 e. The monoisotopic (exact) mass is 2770 g/mol. The van der Waals surface area contributed by atoms with Crippen LogP contribution in [0.1, 0.15) is 47.2 Å². The van der Waals surface area contributed by atoms with Gasteiger partial charge in [0.05, 0.1) is 0 Å². The van der Waals surface area contributed by atoms with Crippen molar-refractivity contribution in [1.82, 2.24) is 19.9 Å². The Kier molecular flexibility index (Phi) is 35.5. The van der Waals surface area contributed by atoms with Crippen LogP contribution in [0.3, 0.4) is 0 Å². The summed E-state index contributed by atoms with van der Waals surface area (Å²) in [5, 5.41) is 25.9. The van der Waals surface area contributed by atoms with Crippen LogP contribution in [-0.4, -0.2) is 19.9 Å². The first-order valence-electron chi connectivity index (χ1n) is 48.9. The predicted molar refractivity (Wildman–Crippen MR) is 633 cm³/mol. The molecule has 17 heteroatoms. The third-order valence-electron chi connectivity index (χ3n) is 26.6. The molecule has 0 spiro atoms. The molecule has 4 radical (unpaired) electrons. The molecule has 740 valence electrons. The number of hydrogen-bond acceptors (Lipinski definition) is 9. The fourth-order valence-electron chi connectivity index (χ4n) is 19.5. The largest absolute Gasteiger partial charge is 0.318 e. The smallest absolute Gasteiger partial charge is 0.0468 e. The predicted octanol–water partition coefficient (Wildman–Crippen LogP) is 30.8. The van der Waals surface area contributed by atoms with Crippen LogP contribution in [0.5, 0.6) is 0 Å². The van der Waals surface area contributed by atoms with Gasteiger partial charge in [0.1, 0.15) is 0 Å². The minimum atomic E-state index is -1.05. The molecular weight excluding hydrogens is 2670 g/mol. The van der Waals surface area contributed by atoms with Crippen LogP contribution < -0.4 is 71.4 Å². The van der Waals surface area contributed by atoms with E-state index in [2.05, 4.69) is 552 Å². The summed E-state index contributed by atoms with van der Waals surface area (Å²) in [6, 6.07) is 179. The van der Waals surface area contributed by atoms with E-state index in [-0.39, 0.29) is 85.8 Å². The van der Waals surface area contributed by atoms with Gasteiger partial charge in [-0.3, -0.25) is 0 Å². The first-order chi connectivity index (χ1) is 71.8. The van der Waals surface area contributed by atoms with E-state index in [1.807, 2.05) is 58.8 Å². The molecule has 0 fully saturated rings. The van der Waals surface area contributed by atoms with E-state index < -0.39 is 31.7 Å². The minimum Gasteiger partial charge on any atom is -0.318 e. The Morgan fingerprint density at radius 2 is 0.687 bits per heavy atom. The van der Waals surface area contributed by atoms with Gasteiger partial charge in [0.2, 0.25) is 0 Å². The molecule has 0 atom stereocenters. The summed E-state index contributed by atoms with van der Waals surface area (Å²) in [6.45, 7) is 13.5. The second-order valence-corrected chi connectivity index (χ2v) is 49.0. The van der Waals surface area contributed by atoms with E-state index in [0.717, 1.165) is 94.6 Å². The van der Waals surface area contributed by atoms with Crippen molar-refractivity contribution in [2.75, 3.05) is 9.80 Å². The van der Waals surface area contributed by atoms with E-state index in [1.165, 1.54) is 122 Å². The SMILES string of the molecule is CC1(C)c2ccccc2P(c2cc[c-]c(-c3nccc4ccccc34)c2)c2ccccc21.Cc1ccc(C)c(P(c2cc[c-]c(-c3cc4ccccc4cn3)c2)c2cc(C)ccc2C)c1.[Ir].[Ir].[Ir].[Ir].[c-]1cc(P(c2cccs2)c2cccs2)sc1-c1nccc2ccccc12.[c-]1ccc(P(c2cccc(N(c3ccccc3)c3ccccc3)c2)c2cccc(N(c3ccccc3)c3ccccc3)c2)cc1-c1nccc2ccccc12. The molecule has 8 heterocycles. The van der Waals surface area contributed by atoms with Gasteiger partial charge in [-0.1, -0.05) is 348 Å². The van der Waals surface area contributed by atoms with Crippen LogP contribution >= 0.6 is 65.7 Å². The summed E-state index contributed by atoms with van der Waals surface area (Å²) in [5.74, 6) is 0. The number of para-hydroxylation sites is 4. The molecule has 0 amide bonds. The molecule has 6 nitrogen and oxygen atoms in total. The summed E-state index contributed by atoms with van der Waals surface area (Å²) in [4.78, 5) is 24.9. The standard InChI is InChI=1S/C51H37N3P.C31H27NP.C30H23NP.C21H13NPS3.4Ir/c1-5-20-41(21-6-1)53(42-22-7-2-8-23-42)45-28-16-31-48(37-45)55(47-30-15-19-40(36-47)51-50-33-14-13-18-39(50)34-35-52-51)49-32-17-29-46(38-49)54(43-24-9-3-10-25-43)44-26-11-4-12-27-44;1-21-12-14-23(3)30(16-21)33(31-17-22(2)13-15-24(31)4)28-11-7-10-26(18-28)29-19-25-8-5-6-9-27(25)20-32-29;1-30(2)25-14-5-7-16-27(25)32(28-17-8-6-15-26(28)30)23-12-9-11-22(20-23)29-24-13-4-3-10-21(24)18-19-31-29;1-2-6-16-15(5-1)11-12-22-21(16)17-9-10-20(26-17)23(18-7-3-13-24-18)19-8-4-14-25-19;;;;/h1-18,20-38H;5-9,11-20H,1-4H3;3-10,12-20H,1-2H3;1-8,10-14H;;;;/q4*-1;;;;. The number of aromatic nitrogens is 4. The molecular formula is C133H100Ir4N6P4S3-4. The third kappa shape index (κ3) is 23.4. The number of pyridine rings is 4. The quantitative estimate of drug-likeness (QED) is 0.0560. The second kappa shape index (κ2) is 49.7. The summed E-state index contributed by atoms with van der Waals surface area (Å²) >= 11 is 5.52. The van der Waals surface area contributed by atoms with Gasteiger partial charge in [0.25, 0.3) is 0 Å². The summed E-state index contributed by atoms with van der Waals surface area (Å²) < 4.78 is 4.26. The number of aryl methyl sites for hydroxylation is 4. The van der Waals surface area contributed by atoms with Crippen molar-refractivity contribution in [2.45, 2.75) is 47.0 Å². The molecule has 0 N–H and O–H groups in total. The van der Waals surface area contributed by atoms with Crippen molar-refractivity contribution in [2.24, 2.45) is 0 Å². The fraction of sp³-hybridized carbons (Fsp3) is 0.0526. The summed E-state index contributed by atoms with van der Waals surface area (Å²) in [6.07, 6.45) is 7.66. The van der Waals surface area contributed by atoms with Crippen molar-refractivity contribution in [3.63, 3.8) is 0 Å². The van der Waals surface area contributed by atoms with Gasteiger partial charge >= 0.3 is 0 Å². The number of fused-ring (bicyclic) bond motifs is 6. The van der Waals surface area contributed by atoms with Gasteiger partial charge in [-0.25, -0.2) is 11.3 Å². The van der Waals surface area contributed by atoms with Gasteiger partial charge in [0, 0.05) is 154 Å². The normalized spacial score (nSPS) is 11.7. The van der Waals surface area contributed by atoms with Crippen LogP contribution in [0.25, 0.3) is 87.4 Å². The Morgan fingerprint density at radius 3 is 1.17 bits per heavy atom. The topological polar surface area (TPSA) is 58.0 Å². The Hall–Kier alpha value is -12.6.